The molecule has 82 valence electrons. The third kappa shape index (κ3) is 5.96. The summed E-state index contributed by atoms with van der Waals surface area (Å²) in [6.45, 7) is 11.5. The van der Waals surface area contributed by atoms with Crippen molar-refractivity contribution < 1.29 is 0 Å². The molecule has 0 atom stereocenters. The Hall–Kier alpha value is -1.22. The maximum Gasteiger partial charge on any atom is 0.134 e. The van der Waals surface area contributed by atoms with E-state index in [1.165, 1.54) is 11.1 Å². The average molecular weight is 222 g/mol. The molecule has 0 fully saturated rings. The average Bonchev–Trinajstić information content (AvgIpc) is 2.56. The Balaban J connectivity index is 0.000000423. The van der Waals surface area contributed by atoms with Crippen LogP contribution in [0.5, 0.6) is 0 Å². The molecule has 0 radical (unpaired) electrons. The van der Waals surface area contributed by atoms with Crippen molar-refractivity contribution in [1.29, 1.82) is 0 Å². The van der Waals surface area contributed by atoms with E-state index < -0.39 is 0 Å². The molecule has 3 heteroatoms. The lowest BCUT2D eigenvalue weighted by molar-refractivity contribution is 1.22. The van der Waals surface area contributed by atoms with Gasteiger partial charge < -0.3 is 0 Å². The van der Waals surface area contributed by atoms with E-state index in [0.29, 0.717) is 0 Å². The van der Waals surface area contributed by atoms with Gasteiger partial charge >= 0.3 is 0 Å². The summed E-state index contributed by atoms with van der Waals surface area (Å²) in [5.74, 6) is 0. The van der Waals surface area contributed by atoms with Crippen LogP contribution in [0.3, 0.4) is 0 Å². The van der Waals surface area contributed by atoms with Crippen LogP contribution in [0.15, 0.2) is 29.9 Å². The van der Waals surface area contributed by atoms with Crippen molar-refractivity contribution in [2.24, 2.45) is 4.99 Å². The van der Waals surface area contributed by atoms with Crippen LogP contribution in [0.1, 0.15) is 29.4 Å². The largest absolute Gasteiger partial charge is 0.262 e. The fourth-order valence-electron chi connectivity index (χ4n) is 0.669. The normalized spacial score (nSPS) is 10.4. The van der Waals surface area contributed by atoms with Gasteiger partial charge in [0.1, 0.15) is 5.01 Å². The third-order valence-electron chi connectivity index (χ3n) is 1.67. The maximum absolute atomic E-state index is 4.27. The standard InChI is InChI=1S/C8H10N2S.C4H8/c1-4-9-5-8-10-6(2)7(3)11-8;1-3-4-2/h4-5H,1H2,2-3H3;3-4H,1-2H3/b;4-3-. The number of aryl methyl sites for hydroxylation is 2. The number of aromatic nitrogens is 1. The van der Waals surface area contributed by atoms with Crippen LogP contribution in [-0.4, -0.2) is 11.2 Å². The Morgan fingerprint density at radius 2 is 1.87 bits per heavy atom. The minimum atomic E-state index is 0.944. The van der Waals surface area contributed by atoms with Crippen LogP contribution in [0.2, 0.25) is 0 Å². The number of aliphatic imine (C=N–C) groups is 1. The Morgan fingerprint density at radius 3 is 2.20 bits per heavy atom. The molecule has 0 aliphatic heterocycles. The predicted octanol–water partition coefficient (Wildman–Crippen LogP) is 3.90. The fourth-order valence-corrected chi connectivity index (χ4v) is 1.47. The molecule has 0 saturated heterocycles. The summed E-state index contributed by atoms with van der Waals surface area (Å²) in [4.78, 5) is 9.40. The smallest absolute Gasteiger partial charge is 0.134 e. The number of rotatable bonds is 2. The number of hydrogen-bond acceptors (Lipinski definition) is 3. The summed E-state index contributed by atoms with van der Waals surface area (Å²) < 4.78 is 0. The van der Waals surface area contributed by atoms with Gasteiger partial charge in [-0.05, 0) is 27.7 Å². The van der Waals surface area contributed by atoms with Crippen molar-refractivity contribution >= 4 is 17.6 Å². The molecule has 0 saturated carbocycles. The molecular formula is C12H18N2S. The molecule has 1 rings (SSSR count). The van der Waals surface area contributed by atoms with Crippen molar-refractivity contribution in [1.82, 2.24) is 4.98 Å². The van der Waals surface area contributed by atoms with Crippen molar-refractivity contribution in [3.63, 3.8) is 0 Å². The topological polar surface area (TPSA) is 25.2 Å². The van der Waals surface area contributed by atoms with E-state index in [-0.39, 0.29) is 0 Å². The molecule has 0 amide bonds. The Morgan fingerprint density at radius 1 is 1.27 bits per heavy atom. The first kappa shape index (κ1) is 13.8. The highest BCUT2D eigenvalue weighted by molar-refractivity contribution is 7.13. The summed E-state index contributed by atoms with van der Waals surface area (Å²) in [6, 6.07) is 0. The summed E-state index contributed by atoms with van der Waals surface area (Å²) in [5, 5.41) is 0.944. The zero-order valence-corrected chi connectivity index (χ0v) is 10.6. The van der Waals surface area contributed by atoms with E-state index in [1.807, 2.05) is 32.9 Å². The molecule has 2 nitrogen and oxygen atoms in total. The minimum absolute atomic E-state index is 0.944. The van der Waals surface area contributed by atoms with Crippen LogP contribution in [0.4, 0.5) is 0 Å². The zero-order valence-electron chi connectivity index (χ0n) is 9.82. The second-order valence-corrected chi connectivity index (χ2v) is 4.06. The number of nitrogens with zero attached hydrogens (tertiary/aromatic N) is 2. The second-order valence-electron chi connectivity index (χ2n) is 2.82. The van der Waals surface area contributed by atoms with Crippen molar-refractivity contribution in [2.75, 3.05) is 0 Å². The third-order valence-corrected chi connectivity index (χ3v) is 2.68. The van der Waals surface area contributed by atoms with Gasteiger partial charge in [0.05, 0.1) is 11.9 Å². The second kappa shape index (κ2) is 8.12. The van der Waals surface area contributed by atoms with E-state index in [1.54, 1.807) is 17.6 Å². The van der Waals surface area contributed by atoms with Gasteiger partial charge in [0.15, 0.2) is 0 Å². The highest BCUT2D eigenvalue weighted by Gasteiger charge is 1.98. The molecule has 0 unspecified atom stereocenters. The summed E-state index contributed by atoms with van der Waals surface area (Å²) in [7, 11) is 0. The van der Waals surface area contributed by atoms with Crippen LogP contribution >= 0.6 is 11.3 Å². The highest BCUT2D eigenvalue weighted by Crippen LogP contribution is 2.14. The molecule has 15 heavy (non-hydrogen) atoms. The van der Waals surface area contributed by atoms with Gasteiger partial charge in [-0.25, -0.2) is 4.98 Å². The van der Waals surface area contributed by atoms with E-state index in [0.717, 1.165) is 10.7 Å². The lowest BCUT2D eigenvalue weighted by Crippen LogP contribution is -1.77. The van der Waals surface area contributed by atoms with Gasteiger partial charge in [-0.3, -0.25) is 4.99 Å². The molecule has 0 spiro atoms. The monoisotopic (exact) mass is 222 g/mol. The molecule has 1 heterocycles. The van der Waals surface area contributed by atoms with Crippen LogP contribution in [-0.2, 0) is 0 Å². The highest BCUT2D eigenvalue weighted by atomic mass is 32.1. The summed E-state index contributed by atoms with van der Waals surface area (Å²) in [6.07, 6.45) is 7.23. The van der Waals surface area contributed by atoms with Gasteiger partial charge in [0.25, 0.3) is 0 Å². The molecule has 1 aromatic rings. The lowest BCUT2D eigenvalue weighted by Gasteiger charge is -1.77. The lowest BCUT2D eigenvalue weighted by atomic mass is 10.4. The first-order valence-corrected chi connectivity index (χ1v) is 5.62. The van der Waals surface area contributed by atoms with Crippen LogP contribution in [0, 0.1) is 13.8 Å². The van der Waals surface area contributed by atoms with E-state index >= 15 is 0 Å². The number of thiazole rings is 1. The van der Waals surface area contributed by atoms with Crippen molar-refractivity contribution in [3.05, 3.63) is 40.5 Å². The number of hydrogen-bond donors (Lipinski definition) is 0. The Bertz CT molecular complexity index is 325. The predicted molar refractivity (Wildman–Crippen MR) is 69.9 cm³/mol. The SMILES string of the molecule is C/C=C\C.C=CN=Cc1nc(C)c(C)s1. The minimum Gasteiger partial charge on any atom is -0.262 e. The van der Waals surface area contributed by atoms with Crippen LogP contribution < -0.4 is 0 Å². The number of allylic oxidation sites excluding steroid dienone is 2. The maximum atomic E-state index is 4.27. The van der Waals surface area contributed by atoms with Gasteiger partial charge in [0.2, 0.25) is 0 Å². The van der Waals surface area contributed by atoms with E-state index in [4.69, 9.17) is 0 Å². The fraction of sp³-hybridized carbons (Fsp3) is 0.333. The van der Waals surface area contributed by atoms with Crippen molar-refractivity contribution in [3.8, 4) is 0 Å². The summed E-state index contributed by atoms with van der Waals surface area (Å²) in [5.41, 5.74) is 1.08. The van der Waals surface area contributed by atoms with Gasteiger partial charge in [-0.1, -0.05) is 18.7 Å². The molecule has 0 N–H and O–H groups in total. The van der Waals surface area contributed by atoms with E-state index in [2.05, 4.69) is 23.5 Å². The van der Waals surface area contributed by atoms with Gasteiger partial charge in [-0.15, -0.1) is 11.3 Å². The van der Waals surface area contributed by atoms with Gasteiger partial charge in [0, 0.05) is 11.1 Å². The van der Waals surface area contributed by atoms with E-state index in [9.17, 15) is 0 Å². The Kier molecular flexibility index (Phi) is 7.46. The molecular weight excluding hydrogens is 204 g/mol. The first-order valence-electron chi connectivity index (χ1n) is 4.81. The quantitative estimate of drug-likeness (QED) is 0.550. The molecule has 0 aliphatic rings. The molecule has 0 bridgehead atoms. The zero-order chi connectivity index (χ0) is 11.7. The molecule has 0 aromatic carbocycles. The summed E-state index contributed by atoms with van der Waals surface area (Å²) >= 11 is 1.65. The van der Waals surface area contributed by atoms with Crippen LogP contribution in [0.25, 0.3) is 0 Å². The van der Waals surface area contributed by atoms with Crippen molar-refractivity contribution in [2.45, 2.75) is 27.7 Å². The van der Waals surface area contributed by atoms with Gasteiger partial charge in [-0.2, -0.15) is 0 Å². The molecule has 0 aliphatic carbocycles. The Labute approximate surface area is 96.1 Å². The first-order chi connectivity index (χ1) is 7.15. The molecule has 1 aromatic heterocycles.